The van der Waals surface area contributed by atoms with E-state index >= 15 is 0 Å². The van der Waals surface area contributed by atoms with Crippen LogP contribution >= 0.6 is 0 Å². The first-order valence-corrected chi connectivity index (χ1v) is 10.6. The second-order valence-electron chi connectivity index (χ2n) is 6.42. The van der Waals surface area contributed by atoms with Crippen LogP contribution in [0.25, 0.3) is 11.1 Å². The van der Waals surface area contributed by atoms with E-state index in [4.69, 9.17) is 0 Å². The Bertz CT molecular complexity index is 1180. The summed E-state index contributed by atoms with van der Waals surface area (Å²) >= 11 is 0. The van der Waals surface area contributed by atoms with Crippen LogP contribution in [0.4, 0.5) is 0 Å². The highest BCUT2D eigenvalue weighted by molar-refractivity contribution is 7.89. The molecule has 140 valence electrons. The van der Waals surface area contributed by atoms with Crippen molar-refractivity contribution in [3.8, 4) is 23.0 Å². The molecule has 0 spiro atoms. The van der Waals surface area contributed by atoms with E-state index in [1.807, 2.05) is 30.3 Å². The number of carboxylic acids is 1. The zero-order valence-corrected chi connectivity index (χ0v) is 16.0. The van der Waals surface area contributed by atoms with Crippen molar-refractivity contribution in [1.82, 2.24) is 0 Å². The summed E-state index contributed by atoms with van der Waals surface area (Å²) in [6, 6.07) is 21.3. The fourth-order valence-electron chi connectivity index (χ4n) is 2.93. The van der Waals surface area contributed by atoms with Crippen LogP contribution in [-0.4, -0.2) is 25.7 Å². The second-order valence-corrected chi connectivity index (χ2v) is 8.56. The number of benzene rings is 3. The van der Waals surface area contributed by atoms with E-state index < -0.39 is 15.8 Å². The number of hydrogen-bond donors (Lipinski definition) is 1. The van der Waals surface area contributed by atoms with Crippen molar-refractivity contribution in [1.29, 1.82) is 0 Å². The molecule has 0 atom stereocenters. The van der Waals surface area contributed by atoms with Gasteiger partial charge in [-0.25, -0.2) is 13.2 Å². The van der Waals surface area contributed by atoms with Gasteiger partial charge in [-0.3, -0.25) is 0 Å². The lowest BCUT2D eigenvalue weighted by Gasteiger charge is -2.11. The minimum Gasteiger partial charge on any atom is -0.478 e. The highest BCUT2D eigenvalue weighted by atomic mass is 32.2. The Morgan fingerprint density at radius 1 is 0.929 bits per heavy atom. The van der Waals surface area contributed by atoms with Crippen molar-refractivity contribution in [2.45, 2.75) is 5.75 Å². The third kappa shape index (κ3) is 4.87. The molecule has 0 radical (unpaired) electrons. The maximum absolute atomic E-state index is 11.8. The largest absolute Gasteiger partial charge is 0.478 e. The third-order valence-corrected chi connectivity index (χ3v) is 4.91. The number of aromatic carboxylic acids is 1. The molecule has 5 heteroatoms. The number of carbonyl (C=O) groups is 1. The van der Waals surface area contributed by atoms with Crippen LogP contribution in [0.2, 0.25) is 0 Å². The number of rotatable bonds is 4. The van der Waals surface area contributed by atoms with Gasteiger partial charge in [-0.2, -0.15) is 0 Å². The molecule has 0 aliphatic heterocycles. The van der Waals surface area contributed by atoms with E-state index in [9.17, 15) is 18.3 Å². The van der Waals surface area contributed by atoms with Gasteiger partial charge in [0, 0.05) is 22.9 Å². The number of hydrogen-bond acceptors (Lipinski definition) is 3. The van der Waals surface area contributed by atoms with Crippen LogP contribution < -0.4 is 0 Å². The highest BCUT2D eigenvalue weighted by Gasteiger charge is 2.16. The molecular weight excluding hydrogens is 372 g/mol. The Labute approximate surface area is 164 Å². The molecule has 3 aromatic rings. The quantitative estimate of drug-likeness (QED) is 0.684. The first kappa shape index (κ1) is 19.4. The Hall–Kier alpha value is -3.36. The zero-order valence-electron chi connectivity index (χ0n) is 15.2. The van der Waals surface area contributed by atoms with Crippen LogP contribution in [-0.2, 0) is 15.6 Å². The highest BCUT2D eigenvalue weighted by Crippen LogP contribution is 2.29. The average Bonchev–Trinajstić information content (AvgIpc) is 2.65. The van der Waals surface area contributed by atoms with Gasteiger partial charge < -0.3 is 5.11 Å². The average molecular weight is 390 g/mol. The topological polar surface area (TPSA) is 71.4 Å². The minimum absolute atomic E-state index is 0.110. The Kier molecular flexibility index (Phi) is 5.62. The number of sulfone groups is 1. The van der Waals surface area contributed by atoms with Gasteiger partial charge in [0.1, 0.15) is 0 Å². The lowest BCUT2D eigenvalue weighted by atomic mass is 9.93. The van der Waals surface area contributed by atoms with Crippen molar-refractivity contribution in [3.05, 3.63) is 95.1 Å². The van der Waals surface area contributed by atoms with Gasteiger partial charge in [-0.1, -0.05) is 60.4 Å². The fourth-order valence-corrected chi connectivity index (χ4v) is 3.71. The first-order valence-electron chi connectivity index (χ1n) is 8.54. The molecule has 3 rings (SSSR count). The Balaban J connectivity index is 2.16. The first-order chi connectivity index (χ1) is 13.3. The summed E-state index contributed by atoms with van der Waals surface area (Å²) < 4.78 is 23.3. The third-order valence-electron chi connectivity index (χ3n) is 4.05. The Morgan fingerprint density at radius 3 is 2.32 bits per heavy atom. The molecule has 0 heterocycles. The molecule has 0 saturated heterocycles. The molecule has 0 unspecified atom stereocenters. The van der Waals surface area contributed by atoms with Gasteiger partial charge in [0.05, 0.1) is 11.3 Å². The summed E-state index contributed by atoms with van der Waals surface area (Å²) in [5.74, 6) is 4.94. The molecule has 3 aromatic carbocycles. The zero-order chi connectivity index (χ0) is 20.1. The van der Waals surface area contributed by atoms with Gasteiger partial charge in [-0.15, -0.1) is 0 Å². The van der Waals surface area contributed by atoms with E-state index in [1.165, 1.54) is 12.3 Å². The van der Waals surface area contributed by atoms with Crippen LogP contribution in [0.1, 0.15) is 27.0 Å². The molecule has 4 nitrogen and oxygen atoms in total. The maximum atomic E-state index is 11.8. The summed E-state index contributed by atoms with van der Waals surface area (Å²) in [7, 11) is -3.20. The van der Waals surface area contributed by atoms with E-state index in [2.05, 4.69) is 11.8 Å². The molecule has 0 aromatic heterocycles. The summed E-state index contributed by atoms with van der Waals surface area (Å²) in [6.45, 7) is 0. The predicted octanol–water partition coefficient (Wildman–Crippen LogP) is 4.00. The molecule has 0 saturated carbocycles. The monoisotopic (exact) mass is 390 g/mol. The van der Waals surface area contributed by atoms with Crippen LogP contribution in [0.5, 0.6) is 0 Å². The molecule has 0 aliphatic carbocycles. The number of carboxylic acid groups (broad SMARTS) is 1. The van der Waals surface area contributed by atoms with Crippen molar-refractivity contribution >= 4 is 15.8 Å². The molecule has 1 N–H and O–H groups in total. The maximum Gasteiger partial charge on any atom is 0.336 e. The summed E-state index contributed by atoms with van der Waals surface area (Å²) in [4.78, 5) is 11.8. The van der Waals surface area contributed by atoms with Crippen LogP contribution in [0.15, 0.2) is 72.8 Å². The van der Waals surface area contributed by atoms with Gasteiger partial charge in [-0.05, 0) is 35.4 Å². The normalized spacial score (nSPS) is 10.8. The molecule has 0 aliphatic rings. The SMILES string of the molecule is CS(=O)(=O)Cc1cccc(-c2c(C#Cc3ccccc3)cccc2C(=O)O)c1. The van der Waals surface area contributed by atoms with E-state index in [-0.39, 0.29) is 11.3 Å². The van der Waals surface area contributed by atoms with Crippen molar-refractivity contribution in [2.24, 2.45) is 0 Å². The van der Waals surface area contributed by atoms with Gasteiger partial charge in [0.2, 0.25) is 0 Å². The summed E-state index contributed by atoms with van der Waals surface area (Å²) in [5, 5.41) is 9.65. The summed E-state index contributed by atoms with van der Waals surface area (Å²) in [5.41, 5.74) is 3.21. The lowest BCUT2D eigenvalue weighted by Crippen LogP contribution is -2.03. The minimum atomic E-state index is -3.20. The van der Waals surface area contributed by atoms with Gasteiger partial charge in [0.25, 0.3) is 0 Å². The summed E-state index contributed by atoms with van der Waals surface area (Å²) in [6.07, 6.45) is 1.17. The smallest absolute Gasteiger partial charge is 0.336 e. The van der Waals surface area contributed by atoms with Crippen LogP contribution in [0, 0.1) is 11.8 Å². The van der Waals surface area contributed by atoms with Crippen molar-refractivity contribution in [2.75, 3.05) is 6.26 Å². The predicted molar refractivity (Wildman–Crippen MR) is 110 cm³/mol. The molecule has 0 bridgehead atoms. The van der Waals surface area contributed by atoms with Gasteiger partial charge in [0.15, 0.2) is 9.84 Å². The van der Waals surface area contributed by atoms with Crippen molar-refractivity contribution in [3.63, 3.8) is 0 Å². The van der Waals surface area contributed by atoms with E-state index in [0.717, 1.165) is 5.56 Å². The fraction of sp³-hybridized carbons (Fsp3) is 0.0870. The molecule has 0 fully saturated rings. The van der Waals surface area contributed by atoms with Gasteiger partial charge >= 0.3 is 5.97 Å². The molecule has 0 amide bonds. The van der Waals surface area contributed by atoms with Crippen LogP contribution in [0.3, 0.4) is 0 Å². The lowest BCUT2D eigenvalue weighted by molar-refractivity contribution is 0.0697. The standard InChI is InChI=1S/C23H18O4S/c1-28(26,27)16-18-9-5-11-20(15-18)22-19(10-6-12-21(22)23(24)25)14-13-17-7-3-2-4-8-17/h2-12,15H,16H2,1H3,(H,24,25). The molecule has 28 heavy (non-hydrogen) atoms. The van der Waals surface area contributed by atoms with Crippen molar-refractivity contribution < 1.29 is 18.3 Å². The van der Waals surface area contributed by atoms with E-state index in [0.29, 0.717) is 22.3 Å². The van der Waals surface area contributed by atoms with E-state index in [1.54, 1.807) is 36.4 Å². The molecular formula is C23H18O4S. The second kappa shape index (κ2) is 8.12. The Morgan fingerprint density at radius 2 is 1.64 bits per heavy atom.